The van der Waals surface area contributed by atoms with E-state index in [1.807, 2.05) is 22.6 Å². The molecule has 2 amide bonds. The van der Waals surface area contributed by atoms with E-state index in [1.165, 1.54) is 35.7 Å². The van der Waals surface area contributed by atoms with Crippen LogP contribution in [0.3, 0.4) is 0 Å². The van der Waals surface area contributed by atoms with Gasteiger partial charge in [0.25, 0.3) is 11.8 Å². The number of halogens is 11. The number of rotatable bonds is 5. The van der Waals surface area contributed by atoms with E-state index in [4.69, 9.17) is 0 Å². The Morgan fingerprint density at radius 1 is 0.755 bits per heavy atom. The van der Waals surface area contributed by atoms with Crippen LogP contribution in [0.2, 0.25) is 0 Å². The first-order valence-electron chi connectivity index (χ1n) is 15.2. The second-order valence-electron chi connectivity index (χ2n) is 11.9. The minimum Gasteiger partial charge on any atom is -0.327 e. The van der Waals surface area contributed by atoms with Crippen LogP contribution >= 0.6 is 22.6 Å². The number of alkyl halides is 10. The molecule has 6 rings (SSSR count). The Balaban J connectivity index is 0.000000197. The van der Waals surface area contributed by atoms with Crippen molar-refractivity contribution in [3.8, 4) is 11.4 Å². The Labute approximate surface area is 308 Å². The van der Waals surface area contributed by atoms with Crippen molar-refractivity contribution in [3.63, 3.8) is 0 Å². The van der Waals surface area contributed by atoms with Crippen molar-refractivity contribution < 1.29 is 53.5 Å². The van der Waals surface area contributed by atoms with Crippen molar-refractivity contribution in [3.05, 3.63) is 86.8 Å². The number of likely N-dealkylation sites (tertiary alicyclic amines) is 2. The predicted molar refractivity (Wildman–Crippen MR) is 183 cm³/mol. The van der Waals surface area contributed by atoms with Crippen molar-refractivity contribution >= 4 is 52.7 Å². The summed E-state index contributed by atoms with van der Waals surface area (Å²) in [6.45, 7) is 1.43. The molecule has 0 atom stereocenters. The summed E-state index contributed by atoms with van der Waals surface area (Å²) in [5, 5.41) is 3.98. The maximum Gasteiger partial charge on any atom is 0.416 e. The van der Waals surface area contributed by atoms with E-state index in [1.54, 1.807) is 19.2 Å². The topological polar surface area (TPSA) is 96.0 Å². The molecule has 0 N–H and O–H groups in total. The lowest BCUT2D eigenvalue weighted by molar-refractivity contribution is -0.160. The van der Waals surface area contributed by atoms with Gasteiger partial charge >= 0.3 is 12.4 Å². The third-order valence-corrected chi connectivity index (χ3v) is 7.62. The first-order valence-corrected chi connectivity index (χ1v) is 16.4. The van der Waals surface area contributed by atoms with Gasteiger partial charge in [0, 0.05) is 35.7 Å². The quantitative estimate of drug-likeness (QED) is 0.151. The van der Waals surface area contributed by atoms with Gasteiger partial charge in [0.15, 0.2) is 11.7 Å². The van der Waals surface area contributed by atoms with Crippen LogP contribution in [0.1, 0.15) is 27.8 Å². The summed E-state index contributed by atoms with van der Waals surface area (Å²) >= 11 is 1.87. The third kappa shape index (κ3) is 11.7. The van der Waals surface area contributed by atoms with E-state index >= 15 is 0 Å². The number of aryl methyl sites for hydroxylation is 2. The average Bonchev–Trinajstić information content (AvgIpc) is 3.74. The number of aliphatic imine (C=N–C) groups is 2. The molecular formula is C33H28F10IN7O2. The number of hydrogen-bond donors (Lipinski definition) is 0. The predicted octanol–water partition coefficient (Wildman–Crippen LogP) is 7.48. The molecule has 2 fully saturated rings. The maximum atomic E-state index is 12.9. The van der Waals surface area contributed by atoms with E-state index < -0.39 is 67.4 Å². The van der Waals surface area contributed by atoms with Crippen molar-refractivity contribution in [1.82, 2.24) is 24.6 Å². The number of carbonyl (C=O) groups excluding carboxylic acids is 2. The zero-order valence-electron chi connectivity index (χ0n) is 27.6. The van der Waals surface area contributed by atoms with Crippen molar-refractivity contribution in [2.45, 2.75) is 38.0 Å². The van der Waals surface area contributed by atoms with Gasteiger partial charge in [-0.3, -0.25) is 14.6 Å². The Kier molecular flexibility index (Phi) is 12.5. The van der Waals surface area contributed by atoms with E-state index in [9.17, 15) is 53.5 Å². The van der Waals surface area contributed by atoms with E-state index in [2.05, 4.69) is 20.1 Å². The standard InChI is InChI=1S/C16H13F5N4O.C11H9F3N2.C6H6F2INO/c1-10-4-11(6-12(5-10)16(19,20)21)14-22-9-25(23-14)3-2-13(26)24-7-15(17,18)8-24;1-7-4-8(10-15-2-3-16-10)6-9(5-7)11(12,13)14;7-6(8)3-10(4-6)5(11)1-2-9/h2-6,9H,7-8H2,1H3;2,4-6H,3H2,1H3;1-2H,3-4H2/b3-2-;;2-1-. The Bertz CT molecular complexity index is 1940. The maximum absolute atomic E-state index is 12.9. The number of benzene rings is 2. The van der Waals surface area contributed by atoms with Crippen LogP contribution in [0, 0.1) is 13.8 Å². The summed E-state index contributed by atoms with van der Waals surface area (Å²) < 4.78 is 129. The van der Waals surface area contributed by atoms with Gasteiger partial charge in [-0.2, -0.15) is 26.3 Å². The molecule has 284 valence electrons. The zero-order chi connectivity index (χ0) is 39.4. The fraction of sp³-hybridized carbons (Fsp3) is 0.333. The molecule has 0 saturated carbocycles. The van der Waals surface area contributed by atoms with Gasteiger partial charge in [-0.1, -0.05) is 22.6 Å². The van der Waals surface area contributed by atoms with Gasteiger partial charge < -0.3 is 9.80 Å². The van der Waals surface area contributed by atoms with Crippen LogP contribution in [0.4, 0.5) is 43.9 Å². The van der Waals surface area contributed by atoms with Crippen LogP contribution in [-0.4, -0.2) is 93.0 Å². The van der Waals surface area contributed by atoms with Crippen LogP contribution < -0.4 is 0 Å². The molecule has 53 heavy (non-hydrogen) atoms. The summed E-state index contributed by atoms with van der Waals surface area (Å²) in [6.07, 6.45) is -2.51. The summed E-state index contributed by atoms with van der Waals surface area (Å²) in [4.78, 5) is 36.4. The van der Waals surface area contributed by atoms with Gasteiger partial charge in [-0.25, -0.2) is 32.2 Å². The zero-order valence-corrected chi connectivity index (χ0v) is 29.7. The average molecular weight is 872 g/mol. The lowest BCUT2D eigenvalue weighted by Gasteiger charge is -2.37. The first-order chi connectivity index (χ1) is 24.5. The number of nitrogens with zero attached hydrogens (tertiary/aromatic N) is 7. The van der Waals surface area contributed by atoms with Crippen molar-refractivity contribution in [1.29, 1.82) is 0 Å². The van der Waals surface area contributed by atoms with Gasteiger partial charge in [0.2, 0.25) is 11.8 Å². The van der Waals surface area contributed by atoms with Crippen LogP contribution in [0.25, 0.3) is 17.6 Å². The normalized spacial score (nSPS) is 17.4. The summed E-state index contributed by atoms with van der Waals surface area (Å²) in [6, 6.07) is 7.30. The molecule has 0 bridgehead atoms. The Hall–Kier alpha value is -4.63. The number of carbonyl (C=O) groups is 2. The molecule has 0 radical (unpaired) electrons. The summed E-state index contributed by atoms with van der Waals surface area (Å²) in [5.41, 5.74) is 0.0741. The highest BCUT2D eigenvalue weighted by atomic mass is 127. The lowest BCUT2D eigenvalue weighted by Crippen LogP contribution is -2.58. The van der Waals surface area contributed by atoms with Gasteiger partial charge in [-0.15, -0.1) is 5.10 Å². The van der Waals surface area contributed by atoms with Crippen LogP contribution in [0.15, 0.2) is 68.9 Å². The molecule has 20 heteroatoms. The molecular weight excluding hydrogens is 843 g/mol. The summed E-state index contributed by atoms with van der Waals surface area (Å²) in [7, 11) is 0. The number of aromatic nitrogens is 3. The lowest BCUT2D eigenvalue weighted by atomic mass is 10.1. The largest absolute Gasteiger partial charge is 0.416 e. The molecule has 3 aliphatic rings. The molecule has 2 aromatic carbocycles. The molecule has 3 aromatic rings. The third-order valence-electron chi connectivity index (χ3n) is 7.26. The number of hydrogen-bond acceptors (Lipinski definition) is 6. The number of amides is 2. The number of amidine groups is 1. The molecule has 0 spiro atoms. The molecule has 3 aliphatic heterocycles. The van der Waals surface area contributed by atoms with Gasteiger partial charge in [0.05, 0.1) is 43.9 Å². The monoisotopic (exact) mass is 871 g/mol. The summed E-state index contributed by atoms with van der Waals surface area (Å²) in [5.74, 6) is -6.05. The minimum atomic E-state index is -4.49. The highest BCUT2D eigenvalue weighted by Crippen LogP contribution is 2.33. The Morgan fingerprint density at radius 3 is 1.70 bits per heavy atom. The van der Waals surface area contributed by atoms with Gasteiger partial charge in [0.1, 0.15) is 6.33 Å². The SMILES string of the molecule is Cc1cc(-c2ncn(/C=C\C(=O)N3CC(F)(F)C3)n2)cc(C(F)(F)F)c1.Cc1cc(C2=NCC=N2)cc(C(F)(F)F)c1.O=C(/C=C\I)N1CC(F)(F)C1. The molecule has 4 heterocycles. The van der Waals surface area contributed by atoms with Crippen molar-refractivity contribution in [2.24, 2.45) is 9.98 Å². The second-order valence-corrected chi connectivity index (χ2v) is 12.6. The first kappa shape index (κ1) is 41.1. The highest BCUT2D eigenvalue weighted by molar-refractivity contribution is 14.1. The smallest absolute Gasteiger partial charge is 0.327 e. The van der Waals surface area contributed by atoms with Gasteiger partial charge in [-0.05, 0) is 65.5 Å². The van der Waals surface area contributed by atoms with E-state index in [0.717, 1.165) is 44.8 Å². The molecule has 0 aliphatic carbocycles. The molecule has 9 nitrogen and oxygen atoms in total. The highest BCUT2D eigenvalue weighted by Gasteiger charge is 2.46. The minimum absolute atomic E-state index is 0.0479. The van der Waals surface area contributed by atoms with E-state index in [-0.39, 0.29) is 17.3 Å². The molecule has 2 saturated heterocycles. The molecule has 0 unspecified atom stereocenters. The Morgan fingerprint density at radius 2 is 1.25 bits per heavy atom. The fourth-order valence-corrected chi connectivity index (χ4v) is 5.14. The van der Waals surface area contributed by atoms with Crippen molar-refractivity contribution in [2.75, 3.05) is 32.7 Å². The van der Waals surface area contributed by atoms with E-state index in [0.29, 0.717) is 29.1 Å². The van der Waals surface area contributed by atoms with Crippen LogP contribution in [0.5, 0.6) is 0 Å². The van der Waals surface area contributed by atoms with Crippen LogP contribution in [-0.2, 0) is 21.9 Å². The second kappa shape index (κ2) is 16.2. The molecule has 1 aromatic heterocycles. The fourth-order valence-electron chi connectivity index (χ4n) is 4.83.